The van der Waals surface area contributed by atoms with E-state index in [0.29, 0.717) is 23.1 Å². The van der Waals surface area contributed by atoms with Crippen molar-refractivity contribution in [2.45, 2.75) is 6.54 Å². The van der Waals surface area contributed by atoms with Gasteiger partial charge in [-0.1, -0.05) is 23.7 Å². The zero-order valence-corrected chi connectivity index (χ0v) is 14.6. The van der Waals surface area contributed by atoms with Crippen LogP contribution in [0.25, 0.3) is 0 Å². The van der Waals surface area contributed by atoms with Crippen molar-refractivity contribution in [1.82, 2.24) is 5.32 Å². The molecule has 2 rings (SSSR count). The molecule has 1 amide bonds. The van der Waals surface area contributed by atoms with Crippen LogP contribution in [0.15, 0.2) is 42.5 Å². The third-order valence-electron chi connectivity index (χ3n) is 3.30. The Bertz CT molecular complexity index is 741. The summed E-state index contributed by atoms with van der Waals surface area (Å²) in [5.74, 6) is -0.147. The molecule has 6 nitrogen and oxygen atoms in total. The first-order valence-electron chi connectivity index (χ1n) is 7.43. The first-order chi connectivity index (χ1) is 12.0. The van der Waals surface area contributed by atoms with E-state index in [-0.39, 0.29) is 12.2 Å². The summed E-state index contributed by atoms with van der Waals surface area (Å²) in [5.41, 5.74) is 1.09. The first kappa shape index (κ1) is 18.6. The monoisotopic (exact) mass is 363 g/mol. The second kappa shape index (κ2) is 8.94. The standard InChI is InChI=1S/C18H18ClNO5/c1-23-15-7-13(8-16(9-15)24-2)18(22)25-11-17(21)20-10-12-4-3-5-14(19)6-12/h3-9H,10-11H2,1-2H3,(H,20,21). The molecule has 0 fully saturated rings. The number of ether oxygens (including phenoxy) is 3. The highest BCUT2D eigenvalue weighted by Gasteiger charge is 2.13. The second-order valence-electron chi connectivity index (χ2n) is 5.08. The molecule has 0 unspecified atom stereocenters. The Morgan fingerprint density at radius 1 is 1.04 bits per heavy atom. The third-order valence-corrected chi connectivity index (χ3v) is 3.54. The lowest BCUT2D eigenvalue weighted by Crippen LogP contribution is -2.28. The SMILES string of the molecule is COc1cc(OC)cc(C(=O)OCC(=O)NCc2cccc(Cl)c2)c1. The van der Waals surface area contributed by atoms with Gasteiger partial charge in [0.1, 0.15) is 11.5 Å². The van der Waals surface area contributed by atoms with Crippen LogP contribution >= 0.6 is 11.6 Å². The van der Waals surface area contributed by atoms with Crippen LogP contribution in [0, 0.1) is 0 Å². The van der Waals surface area contributed by atoms with Gasteiger partial charge in [0.05, 0.1) is 19.8 Å². The van der Waals surface area contributed by atoms with E-state index >= 15 is 0 Å². The molecule has 2 aromatic carbocycles. The predicted octanol–water partition coefficient (Wildman–Crippen LogP) is 2.83. The van der Waals surface area contributed by atoms with Gasteiger partial charge in [-0.3, -0.25) is 4.79 Å². The molecule has 0 aliphatic rings. The summed E-state index contributed by atoms with van der Waals surface area (Å²) in [6, 6.07) is 11.8. The van der Waals surface area contributed by atoms with E-state index in [1.165, 1.54) is 26.4 Å². The Morgan fingerprint density at radius 3 is 2.32 bits per heavy atom. The molecular weight excluding hydrogens is 346 g/mol. The quantitative estimate of drug-likeness (QED) is 0.766. The fourth-order valence-corrected chi connectivity index (χ4v) is 2.25. The molecule has 0 radical (unpaired) electrons. The van der Waals surface area contributed by atoms with Gasteiger partial charge in [-0.25, -0.2) is 4.79 Å². The van der Waals surface area contributed by atoms with E-state index in [4.69, 9.17) is 25.8 Å². The molecule has 1 N–H and O–H groups in total. The minimum atomic E-state index is -0.643. The first-order valence-corrected chi connectivity index (χ1v) is 7.81. The average molecular weight is 364 g/mol. The molecule has 7 heteroatoms. The van der Waals surface area contributed by atoms with Crippen LogP contribution < -0.4 is 14.8 Å². The fourth-order valence-electron chi connectivity index (χ4n) is 2.04. The lowest BCUT2D eigenvalue weighted by Gasteiger charge is -2.09. The molecule has 0 atom stereocenters. The number of rotatable bonds is 7. The van der Waals surface area contributed by atoms with Crippen molar-refractivity contribution in [2.75, 3.05) is 20.8 Å². The minimum Gasteiger partial charge on any atom is -0.497 e. The molecule has 0 heterocycles. The van der Waals surface area contributed by atoms with Crippen molar-refractivity contribution >= 4 is 23.5 Å². The Hall–Kier alpha value is -2.73. The van der Waals surface area contributed by atoms with Gasteiger partial charge in [0, 0.05) is 17.6 Å². The van der Waals surface area contributed by atoms with Gasteiger partial charge >= 0.3 is 5.97 Å². The van der Waals surface area contributed by atoms with Gasteiger partial charge in [-0.05, 0) is 29.8 Å². The summed E-state index contributed by atoms with van der Waals surface area (Å²) in [4.78, 5) is 23.9. The topological polar surface area (TPSA) is 73.9 Å². The number of carbonyl (C=O) groups excluding carboxylic acids is 2. The van der Waals surface area contributed by atoms with Gasteiger partial charge in [0.15, 0.2) is 6.61 Å². The molecule has 0 saturated carbocycles. The summed E-state index contributed by atoms with van der Waals surface area (Å²) in [6.45, 7) is -0.0944. The number of amides is 1. The Balaban J connectivity index is 1.87. The summed E-state index contributed by atoms with van der Waals surface area (Å²) >= 11 is 5.88. The summed E-state index contributed by atoms with van der Waals surface area (Å²) in [6.07, 6.45) is 0. The smallest absolute Gasteiger partial charge is 0.338 e. The lowest BCUT2D eigenvalue weighted by atomic mass is 10.2. The lowest BCUT2D eigenvalue weighted by molar-refractivity contribution is -0.124. The molecule has 0 saturated heterocycles. The van der Waals surface area contributed by atoms with Crippen LogP contribution in [0.5, 0.6) is 11.5 Å². The maximum Gasteiger partial charge on any atom is 0.338 e. The van der Waals surface area contributed by atoms with Gasteiger partial charge in [-0.15, -0.1) is 0 Å². The van der Waals surface area contributed by atoms with Crippen LogP contribution in [-0.4, -0.2) is 32.7 Å². The average Bonchev–Trinajstić information content (AvgIpc) is 2.63. The highest BCUT2D eigenvalue weighted by atomic mass is 35.5. The van der Waals surface area contributed by atoms with Crippen molar-refractivity contribution in [3.63, 3.8) is 0 Å². The van der Waals surface area contributed by atoms with E-state index in [2.05, 4.69) is 5.32 Å². The molecule has 0 spiro atoms. The normalized spacial score (nSPS) is 10.0. The van der Waals surface area contributed by atoms with Crippen molar-refractivity contribution < 1.29 is 23.8 Å². The van der Waals surface area contributed by atoms with E-state index < -0.39 is 11.9 Å². The fraction of sp³-hybridized carbons (Fsp3) is 0.222. The molecule has 0 aliphatic carbocycles. The van der Waals surface area contributed by atoms with E-state index in [1.807, 2.05) is 6.07 Å². The van der Waals surface area contributed by atoms with Crippen LogP contribution in [0.3, 0.4) is 0 Å². The molecule has 0 aromatic heterocycles. The number of nitrogens with one attached hydrogen (secondary N) is 1. The number of carbonyl (C=O) groups is 2. The number of hydrogen-bond acceptors (Lipinski definition) is 5. The number of benzene rings is 2. The Morgan fingerprint density at radius 2 is 1.72 bits per heavy atom. The van der Waals surface area contributed by atoms with E-state index in [0.717, 1.165) is 5.56 Å². The van der Waals surface area contributed by atoms with Gasteiger partial charge in [-0.2, -0.15) is 0 Å². The summed E-state index contributed by atoms with van der Waals surface area (Å²) in [7, 11) is 2.96. The highest BCUT2D eigenvalue weighted by molar-refractivity contribution is 6.30. The Kier molecular flexibility index (Phi) is 6.65. The van der Waals surface area contributed by atoms with Gasteiger partial charge < -0.3 is 19.5 Å². The maximum absolute atomic E-state index is 12.1. The maximum atomic E-state index is 12.1. The molecule has 132 valence electrons. The van der Waals surface area contributed by atoms with Crippen LogP contribution in [0.1, 0.15) is 15.9 Å². The van der Waals surface area contributed by atoms with Gasteiger partial charge in [0.2, 0.25) is 0 Å². The van der Waals surface area contributed by atoms with Gasteiger partial charge in [0.25, 0.3) is 5.91 Å². The molecule has 0 aliphatic heterocycles. The van der Waals surface area contributed by atoms with Crippen LogP contribution in [-0.2, 0) is 16.1 Å². The van der Waals surface area contributed by atoms with E-state index in [1.54, 1.807) is 24.3 Å². The van der Waals surface area contributed by atoms with Crippen molar-refractivity contribution in [2.24, 2.45) is 0 Å². The summed E-state index contributed by atoms with van der Waals surface area (Å²) in [5, 5.41) is 3.24. The van der Waals surface area contributed by atoms with Crippen LogP contribution in [0.4, 0.5) is 0 Å². The third kappa shape index (κ3) is 5.69. The minimum absolute atomic E-state index is 0.235. The van der Waals surface area contributed by atoms with Crippen LogP contribution in [0.2, 0.25) is 5.02 Å². The summed E-state index contributed by atoms with van der Waals surface area (Å²) < 4.78 is 15.2. The van der Waals surface area contributed by atoms with Crippen molar-refractivity contribution in [3.8, 4) is 11.5 Å². The number of hydrogen-bond donors (Lipinski definition) is 1. The van der Waals surface area contributed by atoms with Crippen molar-refractivity contribution in [3.05, 3.63) is 58.6 Å². The highest BCUT2D eigenvalue weighted by Crippen LogP contribution is 2.22. The zero-order valence-electron chi connectivity index (χ0n) is 13.9. The Labute approximate surface area is 150 Å². The molecule has 25 heavy (non-hydrogen) atoms. The van der Waals surface area contributed by atoms with Crippen molar-refractivity contribution in [1.29, 1.82) is 0 Å². The predicted molar refractivity (Wildman–Crippen MR) is 93.1 cm³/mol. The zero-order chi connectivity index (χ0) is 18.2. The largest absolute Gasteiger partial charge is 0.497 e. The van der Waals surface area contributed by atoms with E-state index in [9.17, 15) is 9.59 Å². The second-order valence-corrected chi connectivity index (χ2v) is 5.52. The molecule has 2 aromatic rings. The molecular formula is C18H18ClNO5. The number of methoxy groups -OCH3 is 2. The molecule has 0 bridgehead atoms. The number of halogens is 1. The number of esters is 1.